The Hall–Kier alpha value is -1.91. The number of hydrogen-bond acceptors (Lipinski definition) is 6. The van der Waals surface area contributed by atoms with Gasteiger partial charge >= 0.3 is 0 Å². The lowest BCUT2D eigenvalue weighted by Crippen LogP contribution is -2.40. The van der Waals surface area contributed by atoms with Gasteiger partial charge in [0.25, 0.3) is 0 Å². The van der Waals surface area contributed by atoms with Gasteiger partial charge in [0.2, 0.25) is 5.91 Å². The van der Waals surface area contributed by atoms with Crippen molar-refractivity contribution in [2.45, 2.75) is 12.1 Å². The Kier molecular flexibility index (Phi) is 5.67. The maximum Gasteiger partial charge on any atom is 0.234 e. The molecule has 10 heteroatoms. The smallest absolute Gasteiger partial charge is 0.234 e. The highest BCUT2D eigenvalue weighted by atomic mass is 79.9. The van der Waals surface area contributed by atoms with E-state index < -0.39 is 27.7 Å². The molecule has 1 fully saturated rings. The molecule has 0 spiro atoms. The molecule has 1 amide bonds. The summed E-state index contributed by atoms with van der Waals surface area (Å²) >= 11 is 4.52. The lowest BCUT2D eigenvalue weighted by molar-refractivity contribution is -0.113. The zero-order chi connectivity index (χ0) is 20.6. The monoisotopic (exact) mass is 497 g/mol. The molecule has 2 atom stereocenters. The molecule has 0 saturated carbocycles. The van der Waals surface area contributed by atoms with Gasteiger partial charge in [0.1, 0.15) is 5.82 Å². The molecule has 2 aromatic rings. The molecule has 4 rings (SSSR count). The van der Waals surface area contributed by atoms with Crippen molar-refractivity contribution in [1.29, 1.82) is 0 Å². The number of anilines is 2. The highest BCUT2D eigenvalue weighted by molar-refractivity contribution is 9.10. The van der Waals surface area contributed by atoms with Gasteiger partial charge in [-0.2, -0.15) is 0 Å². The van der Waals surface area contributed by atoms with Crippen molar-refractivity contribution >= 4 is 60.0 Å². The molecular weight excluding hydrogens is 481 g/mol. The number of thioether (sulfide) groups is 1. The van der Waals surface area contributed by atoms with Crippen molar-refractivity contribution in [3.63, 3.8) is 0 Å². The lowest BCUT2D eigenvalue weighted by atomic mass is 10.1. The first-order valence-electron chi connectivity index (χ1n) is 8.82. The van der Waals surface area contributed by atoms with Crippen molar-refractivity contribution in [2.75, 3.05) is 27.5 Å². The summed E-state index contributed by atoms with van der Waals surface area (Å²) in [6, 6.07) is 12.5. The SMILES string of the molecule is O=C(CSC1=N[C@@H]2CS(=O)(=O)C[C@@H]2N1c1ccccc1F)Nc1ccc(Br)cc1. The number of carbonyl (C=O) groups is 1. The van der Waals surface area contributed by atoms with E-state index in [0.717, 1.165) is 4.47 Å². The van der Waals surface area contributed by atoms with Crippen LogP contribution in [-0.4, -0.2) is 48.8 Å². The standard InChI is InChI=1S/C19H17BrFN3O3S2/c20-12-5-7-13(8-6-12)22-18(25)9-28-19-23-15-10-29(26,27)11-17(15)24(19)16-4-2-1-3-14(16)21/h1-8,15,17H,9-11H2,(H,22,25)/t15-,17+/m1/s1. The summed E-state index contributed by atoms with van der Waals surface area (Å²) in [7, 11) is -3.22. The van der Waals surface area contributed by atoms with Crippen LogP contribution in [0, 0.1) is 5.82 Å². The zero-order valence-corrected chi connectivity index (χ0v) is 18.3. The van der Waals surface area contributed by atoms with Gasteiger partial charge in [-0.1, -0.05) is 39.8 Å². The third kappa shape index (κ3) is 4.49. The molecule has 2 aromatic carbocycles. The highest BCUT2D eigenvalue weighted by Gasteiger charge is 2.47. The Balaban J connectivity index is 1.51. The largest absolute Gasteiger partial charge is 0.325 e. The van der Waals surface area contributed by atoms with Gasteiger partial charge < -0.3 is 10.2 Å². The van der Waals surface area contributed by atoms with Crippen LogP contribution in [0.3, 0.4) is 0 Å². The van der Waals surface area contributed by atoms with Crippen LogP contribution in [0.2, 0.25) is 0 Å². The van der Waals surface area contributed by atoms with Crippen molar-refractivity contribution in [3.05, 3.63) is 58.8 Å². The number of aliphatic imine (C=N–C) groups is 1. The van der Waals surface area contributed by atoms with E-state index in [1.807, 2.05) is 12.1 Å². The van der Waals surface area contributed by atoms with E-state index in [4.69, 9.17) is 0 Å². The number of nitrogens with zero attached hydrogens (tertiary/aromatic N) is 2. The van der Waals surface area contributed by atoms with E-state index >= 15 is 0 Å². The predicted octanol–water partition coefficient (Wildman–Crippen LogP) is 3.30. The van der Waals surface area contributed by atoms with Crippen LogP contribution in [0.1, 0.15) is 0 Å². The number of amidine groups is 1. The molecule has 0 aromatic heterocycles. The molecular formula is C19H17BrFN3O3S2. The lowest BCUT2D eigenvalue weighted by Gasteiger charge is -2.26. The second-order valence-corrected chi connectivity index (χ2v) is 10.8. The van der Waals surface area contributed by atoms with E-state index in [0.29, 0.717) is 10.9 Å². The highest BCUT2D eigenvalue weighted by Crippen LogP contribution is 2.36. The van der Waals surface area contributed by atoms with Crippen LogP contribution in [-0.2, 0) is 14.6 Å². The minimum absolute atomic E-state index is 0.0578. The van der Waals surface area contributed by atoms with Crippen LogP contribution >= 0.6 is 27.7 Å². The summed E-state index contributed by atoms with van der Waals surface area (Å²) in [5.74, 6) is -0.739. The Morgan fingerprint density at radius 1 is 1.21 bits per heavy atom. The van der Waals surface area contributed by atoms with E-state index in [-0.39, 0.29) is 28.9 Å². The topological polar surface area (TPSA) is 78.8 Å². The molecule has 2 heterocycles. The van der Waals surface area contributed by atoms with Crippen LogP contribution in [0.15, 0.2) is 58.0 Å². The van der Waals surface area contributed by atoms with Gasteiger partial charge in [0, 0.05) is 10.2 Å². The molecule has 2 aliphatic rings. The van der Waals surface area contributed by atoms with Crippen molar-refractivity contribution in [3.8, 4) is 0 Å². The Morgan fingerprint density at radius 2 is 1.93 bits per heavy atom. The molecule has 6 nitrogen and oxygen atoms in total. The van der Waals surface area contributed by atoms with Crippen LogP contribution in [0.25, 0.3) is 0 Å². The molecule has 0 aliphatic carbocycles. The average Bonchev–Trinajstić information content (AvgIpc) is 3.13. The number of nitrogens with one attached hydrogen (secondary N) is 1. The first-order chi connectivity index (χ1) is 13.8. The number of rotatable bonds is 4. The number of amides is 1. The summed E-state index contributed by atoms with van der Waals surface area (Å²) in [5, 5.41) is 3.26. The number of sulfone groups is 1. The van der Waals surface area contributed by atoms with Gasteiger partial charge in [0.05, 0.1) is 35.0 Å². The van der Waals surface area contributed by atoms with Gasteiger partial charge in [-0.3, -0.25) is 9.79 Å². The van der Waals surface area contributed by atoms with Crippen LogP contribution in [0.5, 0.6) is 0 Å². The Morgan fingerprint density at radius 3 is 2.66 bits per heavy atom. The number of halogens is 2. The average molecular weight is 498 g/mol. The van der Waals surface area contributed by atoms with Gasteiger partial charge in [-0.15, -0.1) is 0 Å². The second-order valence-electron chi connectivity index (χ2n) is 6.79. The zero-order valence-electron chi connectivity index (χ0n) is 15.1. The maximum absolute atomic E-state index is 14.4. The normalized spacial score (nSPS) is 22.3. The molecule has 152 valence electrons. The van der Waals surface area contributed by atoms with Gasteiger partial charge in [-0.25, -0.2) is 12.8 Å². The number of carbonyl (C=O) groups excluding carboxylic acids is 1. The number of fused-ring (bicyclic) bond motifs is 1. The maximum atomic E-state index is 14.4. The molecule has 0 unspecified atom stereocenters. The summed E-state index contributed by atoms with van der Waals surface area (Å²) in [6.45, 7) is 0. The summed E-state index contributed by atoms with van der Waals surface area (Å²) in [4.78, 5) is 18.5. The van der Waals surface area contributed by atoms with E-state index in [2.05, 4.69) is 26.2 Å². The second kappa shape index (κ2) is 8.08. The van der Waals surface area contributed by atoms with Crippen molar-refractivity contribution in [1.82, 2.24) is 0 Å². The number of hydrogen-bond donors (Lipinski definition) is 1. The van der Waals surface area contributed by atoms with E-state index in [9.17, 15) is 17.6 Å². The fourth-order valence-corrected chi connectivity index (χ4v) is 6.45. The third-order valence-electron chi connectivity index (χ3n) is 4.68. The molecule has 1 N–H and O–H groups in total. The summed E-state index contributed by atoms with van der Waals surface area (Å²) in [5.41, 5.74) is 0.942. The minimum Gasteiger partial charge on any atom is -0.325 e. The molecule has 0 radical (unpaired) electrons. The van der Waals surface area contributed by atoms with Crippen LogP contribution < -0.4 is 10.2 Å². The van der Waals surface area contributed by atoms with E-state index in [1.54, 1.807) is 35.2 Å². The van der Waals surface area contributed by atoms with Gasteiger partial charge in [0.15, 0.2) is 15.0 Å². The first-order valence-corrected chi connectivity index (χ1v) is 12.4. The molecule has 1 saturated heterocycles. The predicted molar refractivity (Wildman–Crippen MR) is 118 cm³/mol. The Bertz CT molecular complexity index is 1080. The molecule has 29 heavy (non-hydrogen) atoms. The fraction of sp³-hybridized carbons (Fsp3) is 0.263. The molecule has 0 bridgehead atoms. The Labute approximate surface area is 180 Å². The summed E-state index contributed by atoms with van der Waals surface area (Å²) < 4.78 is 39.4. The van der Waals surface area contributed by atoms with Gasteiger partial charge in [-0.05, 0) is 36.4 Å². The quantitative estimate of drug-likeness (QED) is 0.700. The van der Waals surface area contributed by atoms with Crippen molar-refractivity contribution in [2.24, 2.45) is 4.99 Å². The fourth-order valence-electron chi connectivity index (χ4n) is 3.42. The first kappa shape index (κ1) is 20.4. The van der Waals surface area contributed by atoms with E-state index in [1.165, 1.54) is 17.8 Å². The number of benzene rings is 2. The van der Waals surface area contributed by atoms with Crippen LogP contribution in [0.4, 0.5) is 15.8 Å². The summed E-state index contributed by atoms with van der Waals surface area (Å²) in [6.07, 6.45) is 0. The minimum atomic E-state index is -3.22. The third-order valence-corrected chi connectivity index (χ3v) is 7.87. The van der Waals surface area contributed by atoms with Crippen molar-refractivity contribution < 1.29 is 17.6 Å². The molecule has 2 aliphatic heterocycles. The number of para-hydroxylation sites is 1.